The van der Waals surface area contributed by atoms with Crippen molar-refractivity contribution in [3.8, 4) is 0 Å². The summed E-state index contributed by atoms with van der Waals surface area (Å²) in [6.45, 7) is 2.36. The number of rotatable bonds is 6. The van der Waals surface area contributed by atoms with Crippen LogP contribution in [-0.2, 0) is 14.3 Å². The molecule has 5 nitrogen and oxygen atoms in total. The normalized spacial score (nSPS) is 11.9. The van der Waals surface area contributed by atoms with E-state index in [2.05, 4.69) is 15.4 Å². The molecule has 5 heteroatoms. The van der Waals surface area contributed by atoms with Crippen molar-refractivity contribution in [1.82, 2.24) is 10.6 Å². The average Bonchev–Trinajstić information content (AvgIpc) is 2.22. The fourth-order valence-corrected chi connectivity index (χ4v) is 1.02. The van der Waals surface area contributed by atoms with Crippen molar-refractivity contribution in [3.63, 3.8) is 0 Å². The van der Waals surface area contributed by atoms with Crippen LogP contribution in [0.5, 0.6) is 0 Å². The highest BCUT2D eigenvalue weighted by Crippen LogP contribution is 1.93. The Kier molecular flexibility index (Phi) is 6.74. The summed E-state index contributed by atoms with van der Waals surface area (Å²) in [5, 5.41) is 5.45. The van der Waals surface area contributed by atoms with Crippen LogP contribution in [0.3, 0.4) is 0 Å². The molecule has 1 unspecified atom stereocenters. The standard InChI is InChI=1S/C9H18N2O3/c1-4-7(9(13)14-3)11-6-5-8(12)10-2/h7,11H,4-6H2,1-3H3,(H,10,12). The molecule has 0 rings (SSSR count). The minimum atomic E-state index is -0.315. The molecule has 0 aromatic carbocycles. The number of methoxy groups -OCH3 is 1. The van der Waals surface area contributed by atoms with Gasteiger partial charge in [-0.2, -0.15) is 0 Å². The van der Waals surface area contributed by atoms with E-state index >= 15 is 0 Å². The average molecular weight is 202 g/mol. The quantitative estimate of drug-likeness (QED) is 0.578. The number of nitrogens with one attached hydrogen (secondary N) is 2. The molecule has 0 bridgehead atoms. The van der Waals surface area contributed by atoms with Crippen LogP contribution >= 0.6 is 0 Å². The van der Waals surface area contributed by atoms with Crippen LogP contribution in [0, 0.1) is 0 Å². The Balaban J connectivity index is 3.73. The Bertz CT molecular complexity index is 194. The maximum atomic E-state index is 11.1. The smallest absolute Gasteiger partial charge is 0.322 e. The molecule has 0 heterocycles. The first kappa shape index (κ1) is 12.9. The molecule has 0 radical (unpaired) electrons. The summed E-state index contributed by atoms with van der Waals surface area (Å²) in [6.07, 6.45) is 1.02. The van der Waals surface area contributed by atoms with Gasteiger partial charge in [-0.05, 0) is 6.42 Å². The summed E-state index contributed by atoms with van der Waals surface area (Å²) >= 11 is 0. The van der Waals surface area contributed by atoms with Gasteiger partial charge >= 0.3 is 5.97 Å². The van der Waals surface area contributed by atoms with E-state index in [9.17, 15) is 9.59 Å². The highest BCUT2D eigenvalue weighted by Gasteiger charge is 2.15. The van der Waals surface area contributed by atoms with Crippen molar-refractivity contribution in [1.29, 1.82) is 0 Å². The van der Waals surface area contributed by atoms with Crippen LogP contribution in [0.15, 0.2) is 0 Å². The molecule has 0 aromatic rings. The summed E-state index contributed by atoms with van der Waals surface area (Å²) in [5.74, 6) is -0.332. The number of carbonyl (C=O) groups excluding carboxylic acids is 2. The largest absolute Gasteiger partial charge is 0.468 e. The zero-order valence-corrected chi connectivity index (χ0v) is 8.92. The second kappa shape index (κ2) is 7.32. The molecule has 1 atom stereocenters. The first-order chi connectivity index (χ1) is 6.65. The van der Waals surface area contributed by atoms with Crippen molar-refractivity contribution in [2.45, 2.75) is 25.8 Å². The van der Waals surface area contributed by atoms with E-state index in [-0.39, 0.29) is 17.9 Å². The van der Waals surface area contributed by atoms with Gasteiger partial charge in [-0.25, -0.2) is 0 Å². The van der Waals surface area contributed by atoms with E-state index in [0.717, 1.165) is 0 Å². The highest BCUT2D eigenvalue weighted by molar-refractivity contribution is 5.77. The molecule has 0 saturated carbocycles. The number of hydrogen-bond acceptors (Lipinski definition) is 4. The molecule has 0 spiro atoms. The van der Waals surface area contributed by atoms with E-state index in [4.69, 9.17) is 0 Å². The number of ether oxygens (including phenoxy) is 1. The van der Waals surface area contributed by atoms with Crippen LogP contribution < -0.4 is 10.6 Å². The third-order valence-corrected chi connectivity index (χ3v) is 1.92. The maximum absolute atomic E-state index is 11.1. The fourth-order valence-electron chi connectivity index (χ4n) is 1.02. The van der Waals surface area contributed by atoms with Crippen molar-refractivity contribution in [2.24, 2.45) is 0 Å². The molecule has 0 aliphatic carbocycles. The number of carbonyl (C=O) groups is 2. The Hall–Kier alpha value is -1.10. The molecule has 0 aliphatic rings. The summed E-state index contributed by atoms with van der Waals surface area (Å²) in [7, 11) is 2.94. The van der Waals surface area contributed by atoms with Crippen molar-refractivity contribution >= 4 is 11.9 Å². The third kappa shape index (κ3) is 4.81. The van der Waals surface area contributed by atoms with Gasteiger partial charge in [-0.3, -0.25) is 9.59 Å². The van der Waals surface area contributed by atoms with Crippen LogP contribution in [0.1, 0.15) is 19.8 Å². The van der Waals surface area contributed by atoms with Gasteiger partial charge in [0.25, 0.3) is 0 Å². The summed E-state index contributed by atoms with van der Waals surface area (Å²) in [5.41, 5.74) is 0. The number of esters is 1. The maximum Gasteiger partial charge on any atom is 0.322 e. The zero-order valence-electron chi connectivity index (χ0n) is 8.92. The second-order valence-electron chi connectivity index (χ2n) is 2.86. The zero-order chi connectivity index (χ0) is 11.0. The molecule has 0 saturated heterocycles. The van der Waals surface area contributed by atoms with Crippen LogP contribution in [0.4, 0.5) is 0 Å². The first-order valence-corrected chi connectivity index (χ1v) is 4.67. The van der Waals surface area contributed by atoms with Crippen LogP contribution in [0.2, 0.25) is 0 Å². The lowest BCUT2D eigenvalue weighted by atomic mass is 10.2. The third-order valence-electron chi connectivity index (χ3n) is 1.92. The van der Waals surface area contributed by atoms with Gasteiger partial charge in [0, 0.05) is 20.0 Å². The Morgan fingerprint density at radius 1 is 1.43 bits per heavy atom. The monoisotopic (exact) mass is 202 g/mol. The fraction of sp³-hybridized carbons (Fsp3) is 0.778. The van der Waals surface area contributed by atoms with Crippen molar-refractivity contribution in [2.75, 3.05) is 20.7 Å². The molecule has 1 amide bonds. The van der Waals surface area contributed by atoms with E-state index in [0.29, 0.717) is 19.4 Å². The summed E-state index contributed by atoms with van der Waals surface area (Å²) in [6, 6.07) is -0.315. The van der Waals surface area contributed by atoms with Crippen LogP contribution in [0.25, 0.3) is 0 Å². The molecular weight excluding hydrogens is 184 g/mol. The number of hydrogen-bond donors (Lipinski definition) is 2. The van der Waals surface area contributed by atoms with E-state index in [1.165, 1.54) is 7.11 Å². The Labute approximate surface area is 84.2 Å². The van der Waals surface area contributed by atoms with Gasteiger partial charge in [-0.15, -0.1) is 0 Å². The lowest BCUT2D eigenvalue weighted by Gasteiger charge is -2.13. The van der Waals surface area contributed by atoms with Gasteiger partial charge < -0.3 is 15.4 Å². The molecule has 2 N–H and O–H groups in total. The predicted octanol–water partition coefficient (Wildman–Crippen LogP) is -0.336. The van der Waals surface area contributed by atoms with Gasteiger partial charge in [0.2, 0.25) is 5.91 Å². The topological polar surface area (TPSA) is 67.4 Å². The lowest BCUT2D eigenvalue weighted by Crippen LogP contribution is -2.38. The minimum Gasteiger partial charge on any atom is -0.468 e. The van der Waals surface area contributed by atoms with E-state index < -0.39 is 0 Å². The van der Waals surface area contributed by atoms with Crippen molar-refractivity contribution in [3.05, 3.63) is 0 Å². The summed E-state index contributed by atoms with van der Waals surface area (Å²) < 4.78 is 4.59. The van der Waals surface area contributed by atoms with Gasteiger partial charge in [-0.1, -0.05) is 6.92 Å². The first-order valence-electron chi connectivity index (χ1n) is 4.67. The van der Waals surface area contributed by atoms with Gasteiger partial charge in [0.15, 0.2) is 0 Å². The number of amides is 1. The lowest BCUT2D eigenvalue weighted by molar-refractivity contribution is -0.143. The molecule has 0 aliphatic heterocycles. The summed E-state index contributed by atoms with van der Waals surface area (Å²) in [4.78, 5) is 22.0. The highest BCUT2D eigenvalue weighted by atomic mass is 16.5. The molecule has 0 aromatic heterocycles. The predicted molar refractivity (Wildman–Crippen MR) is 52.8 cm³/mol. The Morgan fingerprint density at radius 2 is 2.07 bits per heavy atom. The molecule has 82 valence electrons. The second-order valence-corrected chi connectivity index (χ2v) is 2.86. The Morgan fingerprint density at radius 3 is 2.50 bits per heavy atom. The van der Waals surface area contributed by atoms with E-state index in [1.54, 1.807) is 7.05 Å². The molecule has 14 heavy (non-hydrogen) atoms. The minimum absolute atomic E-state index is 0.0442. The van der Waals surface area contributed by atoms with Crippen LogP contribution in [-0.4, -0.2) is 38.6 Å². The molecular formula is C9H18N2O3. The SMILES string of the molecule is CCC(NCCC(=O)NC)C(=O)OC. The van der Waals surface area contributed by atoms with Crippen molar-refractivity contribution < 1.29 is 14.3 Å². The molecule has 0 fully saturated rings. The van der Waals surface area contributed by atoms with E-state index in [1.807, 2.05) is 6.92 Å². The van der Waals surface area contributed by atoms with Gasteiger partial charge in [0.1, 0.15) is 6.04 Å². The van der Waals surface area contributed by atoms with Gasteiger partial charge in [0.05, 0.1) is 7.11 Å².